The second-order valence-electron chi connectivity index (χ2n) is 15.6. The van der Waals surface area contributed by atoms with Crippen LogP contribution in [0.1, 0.15) is 91.0 Å². The SMILES string of the molecule is COc1ccc(/C=C/C(=O)C2C[C@@]3(C)[C@@H](CC[C@@H]4[C@@H]3CC[C@]3(C)[C@@H]5[C@H](C[C@@H]43)O[C@]3(CC[C@@H](C)CO3)[C@H]5C)CC2=O)cc1. The van der Waals surface area contributed by atoms with Gasteiger partial charge in [-0.3, -0.25) is 9.59 Å². The molecule has 228 valence electrons. The maximum Gasteiger partial charge on any atom is 0.171 e. The van der Waals surface area contributed by atoms with Crippen LogP contribution in [0.25, 0.3) is 6.08 Å². The third-order valence-electron chi connectivity index (χ3n) is 13.7. The largest absolute Gasteiger partial charge is 0.497 e. The van der Waals surface area contributed by atoms with Crippen LogP contribution in [0.15, 0.2) is 30.3 Å². The number of carbonyl (C=O) groups excluding carboxylic acids is 2. The maximum absolute atomic E-state index is 13.5. The summed E-state index contributed by atoms with van der Waals surface area (Å²) >= 11 is 0. The van der Waals surface area contributed by atoms with Gasteiger partial charge in [0.25, 0.3) is 0 Å². The Morgan fingerprint density at radius 1 is 1.00 bits per heavy atom. The molecule has 1 spiro atoms. The van der Waals surface area contributed by atoms with Gasteiger partial charge >= 0.3 is 0 Å². The summed E-state index contributed by atoms with van der Waals surface area (Å²) in [5, 5.41) is 0. The van der Waals surface area contributed by atoms with Crippen molar-refractivity contribution in [3.05, 3.63) is 35.9 Å². The van der Waals surface area contributed by atoms with E-state index < -0.39 is 5.92 Å². The van der Waals surface area contributed by atoms with E-state index in [-0.39, 0.29) is 28.2 Å². The summed E-state index contributed by atoms with van der Waals surface area (Å²) in [5.74, 6) is 3.97. The van der Waals surface area contributed by atoms with E-state index in [2.05, 4.69) is 27.7 Å². The molecule has 1 aromatic carbocycles. The molecule has 5 heteroatoms. The van der Waals surface area contributed by atoms with Gasteiger partial charge in [-0.05, 0) is 115 Å². The highest BCUT2D eigenvalue weighted by molar-refractivity contribution is 6.09. The Balaban J connectivity index is 1.09. The third-order valence-corrected chi connectivity index (χ3v) is 13.7. The van der Waals surface area contributed by atoms with Crippen LogP contribution in [-0.4, -0.2) is 37.2 Å². The lowest BCUT2D eigenvalue weighted by atomic mass is 9.43. The smallest absolute Gasteiger partial charge is 0.171 e. The molecule has 7 rings (SSSR count). The average Bonchev–Trinajstić information content (AvgIpc) is 3.43. The van der Waals surface area contributed by atoms with Gasteiger partial charge in [0.15, 0.2) is 11.6 Å². The number of methoxy groups -OCH3 is 1. The van der Waals surface area contributed by atoms with E-state index in [1.54, 1.807) is 13.2 Å². The van der Waals surface area contributed by atoms with Crippen molar-refractivity contribution >= 4 is 17.6 Å². The predicted molar refractivity (Wildman–Crippen MR) is 163 cm³/mol. The van der Waals surface area contributed by atoms with Gasteiger partial charge in [0.1, 0.15) is 11.5 Å². The molecular formula is C37H50O5. The minimum atomic E-state index is -0.509. The number of carbonyl (C=O) groups is 2. The highest BCUT2D eigenvalue weighted by Crippen LogP contribution is 2.71. The van der Waals surface area contributed by atoms with Crippen LogP contribution in [0.3, 0.4) is 0 Å². The summed E-state index contributed by atoms with van der Waals surface area (Å²) in [6, 6.07) is 7.67. The van der Waals surface area contributed by atoms with Gasteiger partial charge in [-0.25, -0.2) is 0 Å². The van der Waals surface area contributed by atoms with E-state index >= 15 is 0 Å². The maximum atomic E-state index is 13.5. The van der Waals surface area contributed by atoms with Crippen molar-refractivity contribution in [3.63, 3.8) is 0 Å². The standard InChI is InChI=1S/C37H50O5/c1-22-14-17-37(41-21-22)23(2)34-33(42-37)19-30-27-12-9-25-18-32(39)28(20-36(25,4)29(27)15-16-35(30,34)3)31(38)13-8-24-6-10-26(40-5)11-7-24/h6-8,10-11,13,22-23,25,27-30,33-34H,9,12,14-21H2,1-5H3/b13-8+/t22-,23+,25+,27-,28?,29+,30+,33+,34+,35+,36+,37-/m1/s1. The fourth-order valence-corrected chi connectivity index (χ4v) is 11.4. The molecule has 0 aromatic heterocycles. The average molecular weight is 575 g/mol. The molecular weight excluding hydrogens is 524 g/mol. The van der Waals surface area contributed by atoms with E-state index in [0.717, 1.165) is 37.2 Å². The predicted octanol–water partition coefficient (Wildman–Crippen LogP) is 7.52. The molecule has 42 heavy (non-hydrogen) atoms. The van der Waals surface area contributed by atoms with Gasteiger partial charge in [0, 0.05) is 18.8 Å². The summed E-state index contributed by atoms with van der Waals surface area (Å²) in [4.78, 5) is 26.8. The molecule has 4 saturated carbocycles. The zero-order valence-corrected chi connectivity index (χ0v) is 26.3. The van der Waals surface area contributed by atoms with Crippen molar-refractivity contribution in [1.82, 2.24) is 0 Å². The molecule has 0 N–H and O–H groups in total. The molecule has 12 atom stereocenters. The van der Waals surface area contributed by atoms with Gasteiger partial charge in [-0.2, -0.15) is 0 Å². The summed E-state index contributed by atoms with van der Waals surface area (Å²) in [5.41, 5.74) is 1.27. The normalized spacial score (nSPS) is 48.0. The van der Waals surface area contributed by atoms with Crippen molar-refractivity contribution in [2.45, 2.75) is 97.4 Å². The molecule has 6 aliphatic rings. The van der Waals surface area contributed by atoms with Gasteiger partial charge in [0.05, 0.1) is 25.7 Å². The number of ketones is 2. The van der Waals surface area contributed by atoms with Crippen LogP contribution in [-0.2, 0) is 19.1 Å². The fourth-order valence-electron chi connectivity index (χ4n) is 11.4. The number of benzene rings is 1. The molecule has 2 aliphatic heterocycles. The van der Waals surface area contributed by atoms with Gasteiger partial charge in [-0.1, -0.05) is 45.9 Å². The minimum absolute atomic E-state index is 0.0250. The van der Waals surface area contributed by atoms with Crippen LogP contribution in [0.5, 0.6) is 5.75 Å². The molecule has 1 unspecified atom stereocenters. The Kier molecular flexibility index (Phi) is 7.05. The van der Waals surface area contributed by atoms with E-state index in [4.69, 9.17) is 14.2 Å². The Bertz CT molecular complexity index is 1240. The van der Waals surface area contributed by atoms with E-state index in [9.17, 15) is 9.59 Å². The molecule has 0 amide bonds. The van der Waals surface area contributed by atoms with E-state index in [1.807, 2.05) is 30.3 Å². The second kappa shape index (κ2) is 10.3. The summed E-state index contributed by atoms with van der Waals surface area (Å²) < 4.78 is 18.7. The lowest BCUT2D eigenvalue weighted by Crippen LogP contribution is -2.56. The van der Waals surface area contributed by atoms with Crippen LogP contribution < -0.4 is 4.74 Å². The van der Waals surface area contributed by atoms with Gasteiger partial charge in [0.2, 0.25) is 0 Å². The monoisotopic (exact) mass is 574 g/mol. The number of Topliss-reactive ketones (excluding diaryl/α,β-unsaturated/α-hetero) is 1. The first-order valence-corrected chi connectivity index (χ1v) is 16.8. The summed E-state index contributed by atoms with van der Waals surface area (Å²) in [6.07, 6.45) is 13.2. The molecule has 1 aromatic rings. The third kappa shape index (κ3) is 4.30. The first-order chi connectivity index (χ1) is 20.1. The van der Waals surface area contributed by atoms with Crippen molar-refractivity contribution in [1.29, 1.82) is 0 Å². The highest BCUT2D eigenvalue weighted by Gasteiger charge is 2.69. The first kappa shape index (κ1) is 28.8. The van der Waals surface area contributed by atoms with Crippen LogP contribution in [0.4, 0.5) is 0 Å². The fraction of sp³-hybridized carbons (Fsp3) is 0.730. The lowest BCUT2D eigenvalue weighted by Gasteiger charge is -2.61. The number of fused-ring (bicyclic) bond motifs is 7. The number of rotatable bonds is 4. The number of allylic oxidation sites excluding steroid dienone is 1. The molecule has 0 bridgehead atoms. The number of hydrogen-bond acceptors (Lipinski definition) is 5. The zero-order valence-electron chi connectivity index (χ0n) is 26.3. The summed E-state index contributed by atoms with van der Waals surface area (Å²) in [6.45, 7) is 10.6. The van der Waals surface area contributed by atoms with Crippen molar-refractivity contribution in [2.75, 3.05) is 13.7 Å². The minimum Gasteiger partial charge on any atom is -0.497 e. The second-order valence-corrected chi connectivity index (χ2v) is 15.6. The van der Waals surface area contributed by atoms with Crippen LogP contribution in [0.2, 0.25) is 0 Å². The Morgan fingerprint density at radius 2 is 1.79 bits per heavy atom. The first-order valence-electron chi connectivity index (χ1n) is 16.8. The molecule has 6 fully saturated rings. The topological polar surface area (TPSA) is 61.8 Å². The Morgan fingerprint density at radius 3 is 2.50 bits per heavy atom. The van der Waals surface area contributed by atoms with E-state index in [0.29, 0.717) is 60.4 Å². The highest BCUT2D eigenvalue weighted by atomic mass is 16.7. The van der Waals surface area contributed by atoms with Gasteiger partial charge in [-0.15, -0.1) is 0 Å². The molecule has 0 radical (unpaired) electrons. The number of hydrogen-bond donors (Lipinski definition) is 0. The molecule has 2 heterocycles. The quantitative estimate of drug-likeness (QED) is 0.275. The lowest BCUT2D eigenvalue weighted by molar-refractivity contribution is -0.273. The Labute approximate surface area is 252 Å². The number of ether oxygens (including phenoxy) is 3. The zero-order chi connectivity index (χ0) is 29.4. The van der Waals surface area contributed by atoms with Crippen molar-refractivity contribution in [3.8, 4) is 5.75 Å². The molecule has 4 aliphatic carbocycles. The molecule has 5 nitrogen and oxygen atoms in total. The van der Waals surface area contributed by atoms with Crippen molar-refractivity contribution < 1.29 is 23.8 Å². The van der Waals surface area contributed by atoms with Gasteiger partial charge < -0.3 is 14.2 Å². The van der Waals surface area contributed by atoms with Crippen molar-refractivity contribution in [2.24, 2.45) is 58.2 Å². The Hall–Kier alpha value is -1.98. The van der Waals surface area contributed by atoms with Crippen LogP contribution in [0, 0.1) is 58.2 Å². The molecule has 2 saturated heterocycles. The van der Waals surface area contributed by atoms with Crippen LogP contribution >= 0.6 is 0 Å². The van der Waals surface area contributed by atoms with E-state index in [1.165, 1.54) is 25.7 Å². The summed E-state index contributed by atoms with van der Waals surface area (Å²) in [7, 11) is 1.65.